The number of amides is 1. The second-order valence-corrected chi connectivity index (χ2v) is 4.76. The molecule has 1 heterocycles. The molecule has 3 rings (SSSR count). The average Bonchev–Trinajstić information content (AvgIpc) is 2.97. The van der Waals surface area contributed by atoms with Crippen LogP contribution in [0.1, 0.15) is 12.0 Å². The number of aryl methyl sites for hydroxylation is 1. The molecule has 6 heteroatoms. The lowest BCUT2D eigenvalue weighted by atomic mass is 10.2. The molecule has 0 bridgehead atoms. The molecule has 0 aliphatic carbocycles. The van der Waals surface area contributed by atoms with Crippen molar-refractivity contribution in [3.8, 4) is 0 Å². The van der Waals surface area contributed by atoms with Gasteiger partial charge in [-0.15, -0.1) is 5.10 Å². The van der Waals surface area contributed by atoms with Gasteiger partial charge in [0.25, 0.3) is 0 Å². The number of fused-ring (bicyclic) bond motifs is 1. The van der Waals surface area contributed by atoms with Gasteiger partial charge in [0.2, 0.25) is 5.91 Å². The number of hydrogen-bond acceptors (Lipinski definition) is 4. The third-order valence-electron chi connectivity index (χ3n) is 3.17. The number of para-hydroxylation sites is 1. The highest BCUT2D eigenvalue weighted by Gasteiger charge is 2.05. The van der Waals surface area contributed by atoms with E-state index in [2.05, 4.69) is 20.8 Å². The van der Waals surface area contributed by atoms with Crippen molar-refractivity contribution in [2.24, 2.45) is 5.10 Å². The maximum atomic E-state index is 11.8. The zero-order valence-corrected chi connectivity index (χ0v) is 11.9. The molecule has 2 aromatic carbocycles. The van der Waals surface area contributed by atoms with E-state index in [-0.39, 0.29) is 5.91 Å². The Morgan fingerprint density at radius 1 is 1.14 bits per heavy atom. The van der Waals surface area contributed by atoms with Crippen LogP contribution in [-0.2, 0) is 11.3 Å². The number of carbonyl (C=O) groups is 1. The molecule has 6 nitrogen and oxygen atoms in total. The van der Waals surface area contributed by atoms with Crippen molar-refractivity contribution in [3.63, 3.8) is 0 Å². The summed E-state index contributed by atoms with van der Waals surface area (Å²) in [6, 6.07) is 17.2. The van der Waals surface area contributed by atoms with Gasteiger partial charge in [-0.3, -0.25) is 4.79 Å². The van der Waals surface area contributed by atoms with Crippen LogP contribution in [0.3, 0.4) is 0 Å². The van der Waals surface area contributed by atoms with Gasteiger partial charge in [-0.2, -0.15) is 5.10 Å². The second-order valence-electron chi connectivity index (χ2n) is 4.76. The lowest BCUT2D eigenvalue weighted by Crippen LogP contribution is -2.19. The number of nitrogens with zero attached hydrogens (tertiary/aromatic N) is 4. The van der Waals surface area contributed by atoms with Crippen LogP contribution in [0.25, 0.3) is 11.0 Å². The van der Waals surface area contributed by atoms with E-state index >= 15 is 0 Å². The van der Waals surface area contributed by atoms with Crippen molar-refractivity contribution in [1.29, 1.82) is 0 Å². The van der Waals surface area contributed by atoms with Crippen LogP contribution in [0.15, 0.2) is 59.7 Å². The first-order valence-electron chi connectivity index (χ1n) is 6.98. The van der Waals surface area contributed by atoms with Gasteiger partial charge in [-0.05, 0) is 17.7 Å². The molecule has 22 heavy (non-hydrogen) atoms. The Morgan fingerprint density at radius 3 is 2.77 bits per heavy atom. The van der Waals surface area contributed by atoms with E-state index in [4.69, 9.17) is 0 Å². The highest BCUT2D eigenvalue weighted by Crippen LogP contribution is 2.09. The van der Waals surface area contributed by atoms with Crippen molar-refractivity contribution in [2.45, 2.75) is 13.0 Å². The van der Waals surface area contributed by atoms with Gasteiger partial charge in [-0.25, -0.2) is 10.1 Å². The minimum Gasteiger partial charge on any atom is -0.273 e. The third kappa shape index (κ3) is 3.35. The Kier molecular flexibility index (Phi) is 4.20. The van der Waals surface area contributed by atoms with Gasteiger partial charge in [-0.1, -0.05) is 47.7 Å². The summed E-state index contributed by atoms with van der Waals surface area (Å²) in [5.74, 6) is -0.160. The fourth-order valence-corrected chi connectivity index (χ4v) is 2.06. The van der Waals surface area contributed by atoms with Crippen LogP contribution in [0.2, 0.25) is 0 Å². The summed E-state index contributed by atoms with van der Waals surface area (Å²) in [5, 5.41) is 12.0. The molecule has 0 saturated carbocycles. The topological polar surface area (TPSA) is 72.2 Å². The summed E-state index contributed by atoms with van der Waals surface area (Å²) in [6.07, 6.45) is 1.91. The number of benzene rings is 2. The molecule has 1 N–H and O–H groups in total. The predicted molar refractivity (Wildman–Crippen MR) is 84.3 cm³/mol. The molecule has 0 saturated heterocycles. The molecule has 110 valence electrons. The largest absolute Gasteiger partial charge is 0.273 e. The molecule has 1 amide bonds. The molecule has 0 aliphatic rings. The summed E-state index contributed by atoms with van der Waals surface area (Å²) in [5.41, 5.74) is 5.19. The molecule has 0 fully saturated rings. The molecule has 1 aromatic heterocycles. The zero-order chi connectivity index (χ0) is 15.2. The first-order valence-corrected chi connectivity index (χ1v) is 6.98. The molecule has 3 aromatic rings. The van der Waals surface area contributed by atoms with Crippen LogP contribution >= 0.6 is 0 Å². The van der Waals surface area contributed by atoms with E-state index in [0.29, 0.717) is 13.0 Å². The monoisotopic (exact) mass is 293 g/mol. The normalized spacial score (nSPS) is 11.1. The molecule has 0 aliphatic heterocycles. The Hall–Kier alpha value is -3.02. The van der Waals surface area contributed by atoms with Crippen LogP contribution in [0.5, 0.6) is 0 Å². The quantitative estimate of drug-likeness (QED) is 0.577. The number of hydrogen-bond donors (Lipinski definition) is 1. The summed E-state index contributed by atoms with van der Waals surface area (Å²) >= 11 is 0. The van der Waals surface area contributed by atoms with Gasteiger partial charge in [0.15, 0.2) is 0 Å². The van der Waals surface area contributed by atoms with Crippen LogP contribution in [0.4, 0.5) is 0 Å². The lowest BCUT2D eigenvalue weighted by Gasteiger charge is -2.01. The average molecular weight is 293 g/mol. The molecule has 0 spiro atoms. The predicted octanol–water partition coefficient (Wildman–Crippen LogP) is 1.97. The maximum absolute atomic E-state index is 11.8. The molecular formula is C16H15N5O. The molecular weight excluding hydrogens is 278 g/mol. The zero-order valence-electron chi connectivity index (χ0n) is 11.9. The van der Waals surface area contributed by atoms with E-state index in [9.17, 15) is 4.79 Å². The van der Waals surface area contributed by atoms with Crippen molar-refractivity contribution in [3.05, 3.63) is 60.2 Å². The fourth-order valence-electron chi connectivity index (χ4n) is 2.06. The van der Waals surface area contributed by atoms with Crippen LogP contribution in [-0.4, -0.2) is 27.1 Å². The SMILES string of the molecule is O=C(CCn1nnc2ccccc21)N/N=C\c1ccccc1. The van der Waals surface area contributed by atoms with Crippen LogP contribution < -0.4 is 5.43 Å². The Bertz CT molecular complexity index is 794. The number of aromatic nitrogens is 3. The Labute approximate surface area is 127 Å². The Balaban J connectivity index is 1.53. The van der Waals surface area contributed by atoms with E-state index in [1.165, 1.54) is 0 Å². The Morgan fingerprint density at radius 2 is 1.91 bits per heavy atom. The minimum atomic E-state index is -0.160. The van der Waals surface area contributed by atoms with Gasteiger partial charge in [0, 0.05) is 6.42 Å². The van der Waals surface area contributed by atoms with Crippen LogP contribution in [0, 0.1) is 0 Å². The molecule has 0 atom stereocenters. The first kappa shape index (κ1) is 13.9. The summed E-state index contributed by atoms with van der Waals surface area (Å²) in [4.78, 5) is 11.8. The number of rotatable bonds is 5. The van der Waals surface area contributed by atoms with E-state index in [0.717, 1.165) is 16.6 Å². The van der Waals surface area contributed by atoms with E-state index < -0.39 is 0 Å². The van der Waals surface area contributed by atoms with Gasteiger partial charge in [0.1, 0.15) is 5.52 Å². The summed E-state index contributed by atoms with van der Waals surface area (Å²) in [6.45, 7) is 0.465. The van der Waals surface area contributed by atoms with Crippen molar-refractivity contribution in [1.82, 2.24) is 20.4 Å². The van der Waals surface area contributed by atoms with Crippen molar-refractivity contribution < 1.29 is 4.79 Å². The highest BCUT2D eigenvalue weighted by atomic mass is 16.2. The fraction of sp³-hybridized carbons (Fsp3) is 0.125. The van der Waals surface area contributed by atoms with Gasteiger partial charge < -0.3 is 0 Å². The van der Waals surface area contributed by atoms with E-state index in [1.807, 2.05) is 54.6 Å². The van der Waals surface area contributed by atoms with Gasteiger partial charge >= 0.3 is 0 Å². The van der Waals surface area contributed by atoms with Gasteiger partial charge in [0.05, 0.1) is 18.3 Å². The summed E-state index contributed by atoms with van der Waals surface area (Å²) < 4.78 is 1.72. The van der Waals surface area contributed by atoms with Crippen molar-refractivity contribution >= 4 is 23.2 Å². The maximum Gasteiger partial charge on any atom is 0.241 e. The molecule has 0 radical (unpaired) electrons. The third-order valence-corrected chi connectivity index (χ3v) is 3.17. The molecule has 0 unspecified atom stereocenters. The van der Waals surface area contributed by atoms with E-state index in [1.54, 1.807) is 10.9 Å². The lowest BCUT2D eigenvalue weighted by molar-refractivity contribution is -0.121. The smallest absolute Gasteiger partial charge is 0.241 e. The standard InChI is InChI=1S/C16H15N5O/c22-16(19-17-12-13-6-2-1-3-7-13)10-11-21-15-9-5-4-8-14(15)18-20-21/h1-9,12H,10-11H2,(H,19,22)/b17-12-. The number of carbonyl (C=O) groups excluding carboxylic acids is 1. The first-order chi connectivity index (χ1) is 10.8. The second kappa shape index (κ2) is 6.62. The highest BCUT2D eigenvalue weighted by molar-refractivity contribution is 5.82. The number of hydrazone groups is 1. The minimum absolute atomic E-state index is 0.160. The van der Waals surface area contributed by atoms with Crippen molar-refractivity contribution in [2.75, 3.05) is 0 Å². The number of nitrogens with one attached hydrogen (secondary N) is 1. The summed E-state index contributed by atoms with van der Waals surface area (Å²) in [7, 11) is 0.